The van der Waals surface area contributed by atoms with Crippen molar-refractivity contribution in [2.45, 2.75) is 17.5 Å². The third-order valence-electron chi connectivity index (χ3n) is 3.25. The minimum absolute atomic E-state index is 0.637. The molecular weight excluding hydrogens is 376 g/mol. The fourth-order valence-electron chi connectivity index (χ4n) is 2.08. The Morgan fingerprint density at radius 3 is 2.70 bits per heavy atom. The fourth-order valence-corrected chi connectivity index (χ4v) is 3.34. The molecule has 0 aliphatic carbocycles. The van der Waals surface area contributed by atoms with E-state index in [2.05, 4.69) is 43.6 Å². The van der Waals surface area contributed by atoms with Crippen LogP contribution in [0.1, 0.15) is 11.1 Å². The van der Waals surface area contributed by atoms with E-state index in [4.69, 9.17) is 4.74 Å². The average Bonchev–Trinajstić information content (AvgIpc) is 3.01. The third kappa shape index (κ3) is 4.33. The maximum Gasteiger partial charge on any atom is 0.209 e. The normalized spacial score (nSPS) is 10.7. The Kier molecular flexibility index (Phi) is 5.30. The molecule has 0 radical (unpaired) electrons. The number of nitrogens with zero attached hydrogens (tertiary/aromatic N) is 4. The molecule has 0 saturated carbocycles. The summed E-state index contributed by atoms with van der Waals surface area (Å²) in [6.45, 7) is 0.637. The van der Waals surface area contributed by atoms with Gasteiger partial charge in [-0.25, -0.2) is 4.68 Å². The number of ether oxygens (including phenoxy) is 1. The number of rotatable bonds is 6. The first-order chi connectivity index (χ1) is 11.2. The molecule has 5 nitrogen and oxygen atoms in total. The number of hydrogen-bond acceptors (Lipinski definition) is 5. The molecule has 0 atom stereocenters. The molecule has 0 aliphatic heterocycles. The van der Waals surface area contributed by atoms with Crippen molar-refractivity contribution in [3.05, 3.63) is 64.1 Å². The number of thioether (sulfide) groups is 1. The van der Waals surface area contributed by atoms with Gasteiger partial charge >= 0.3 is 0 Å². The number of halogens is 1. The summed E-state index contributed by atoms with van der Waals surface area (Å²) in [5.41, 5.74) is 2.35. The van der Waals surface area contributed by atoms with Gasteiger partial charge in [-0.15, -0.1) is 5.10 Å². The predicted octanol–water partition coefficient (Wildman–Crippen LogP) is 3.78. The minimum Gasteiger partial charge on any atom is -0.497 e. The summed E-state index contributed by atoms with van der Waals surface area (Å²) >= 11 is 5.11. The molecule has 0 N–H and O–H groups in total. The first-order valence-electron chi connectivity index (χ1n) is 7.01. The van der Waals surface area contributed by atoms with Crippen molar-refractivity contribution in [1.82, 2.24) is 20.2 Å². The van der Waals surface area contributed by atoms with E-state index in [-0.39, 0.29) is 0 Å². The predicted molar refractivity (Wildman–Crippen MR) is 93.6 cm³/mol. The van der Waals surface area contributed by atoms with Crippen LogP contribution < -0.4 is 4.74 Å². The molecule has 118 valence electrons. The summed E-state index contributed by atoms with van der Waals surface area (Å²) in [6.07, 6.45) is 0. The van der Waals surface area contributed by atoms with E-state index in [1.165, 1.54) is 5.56 Å². The van der Waals surface area contributed by atoms with E-state index in [0.717, 1.165) is 26.7 Å². The Labute approximate surface area is 147 Å². The summed E-state index contributed by atoms with van der Waals surface area (Å²) in [6, 6.07) is 16.1. The molecule has 0 aliphatic rings. The lowest BCUT2D eigenvalue weighted by atomic mass is 10.2. The van der Waals surface area contributed by atoms with Crippen LogP contribution >= 0.6 is 27.7 Å². The maximum absolute atomic E-state index is 5.17. The molecule has 2 aromatic carbocycles. The smallest absolute Gasteiger partial charge is 0.209 e. The van der Waals surface area contributed by atoms with Crippen LogP contribution in [0.3, 0.4) is 0 Å². The van der Waals surface area contributed by atoms with E-state index in [1.807, 2.05) is 41.1 Å². The Hall–Kier alpha value is -1.86. The summed E-state index contributed by atoms with van der Waals surface area (Å²) in [5, 5.41) is 12.8. The van der Waals surface area contributed by atoms with Gasteiger partial charge in [0.1, 0.15) is 5.75 Å². The van der Waals surface area contributed by atoms with Crippen LogP contribution in [-0.4, -0.2) is 27.3 Å². The number of hydrogen-bond donors (Lipinski definition) is 0. The lowest BCUT2D eigenvalue weighted by Gasteiger charge is -2.06. The van der Waals surface area contributed by atoms with Crippen LogP contribution in [0.4, 0.5) is 0 Å². The molecule has 3 rings (SSSR count). The molecule has 1 aromatic heterocycles. The van der Waals surface area contributed by atoms with Crippen LogP contribution in [0.2, 0.25) is 0 Å². The summed E-state index contributed by atoms with van der Waals surface area (Å²) in [4.78, 5) is 0. The second-order valence-electron chi connectivity index (χ2n) is 4.89. The molecule has 1 heterocycles. The van der Waals surface area contributed by atoms with Gasteiger partial charge in [0.25, 0.3) is 0 Å². The van der Waals surface area contributed by atoms with Crippen LogP contribution in [0.15, 0.2) is 58.2 Å². The first-order valence-corrected chi connectivity index (χ1v) is 8.79. The van der Waals surface area contributed by atoms with Gasteiger partial charge in [0, 0.05) is 10.2 Å². The van der Waals surface area contributed by atoms with E-state index in [0.29, 0.717) is 6.54 Å². The Morgan fingerprint density at radius 2 is 1.96 bits per heavy atom. The molecule has 23 heavy (non-hydrogen) atoms. The van der Waals surface area contributed by atoms with Gasteiger partial charge in [0.05, 0.1) is 13.7 Å². The number of tetrazole rings is 1. The number of aromatic nitrogens is 4. The third-order valence-corrected chi connectivity index (χ3v) is 4.77. The highest BCUT2D eigenvalue weighted by molar-refractivity contribution is 9.10. The van der Waals surface area contributed by atoms with Crippen molar-refractivity contribution in [2.24, 2.45) is 0 Å². The second kappa shape index (κ2) is 7.61. The molecule has 0 fully saturated rings. The lowest BCUT2D eigenvalue weighted by molar-refractivity contribution is 0.414. The van der Waals surface area contributed by atoms with E-state index < -0.39 is 0 Å². The van der Waals surface area contributed by atoms with Crippen molar-refractivity contribution < 1.29 is 4.74 Å². The highest BCUT2D eigenvalue weighted by Crippen LogP contribution is 2.22. The van der Waals surface area contributed by atoms with Crippen LogP contribution in [-0.2, 0) is 12.3 Å². The first kappa shape index (κ1) is 16.0. The number of methoxy groups -OCH3 is 1. The summed E-state index contributed by atoms with van der Waals surface area (Å²) in [5.74, 6) is 1.66. The van der Waals surface area contributed by atoms with Crippen molar-refractivity contribution >= 4 is 27.7 Å². The van der Waals surface area contributed by atoms with E-state index in [1.54, 1.807) is 18.9 Å². The van der Waals surface area contributed by atoms with Crippen molar-refractivity contribution in [2.75, 3.05) is 7.11 Å². The maximum atomic E-state index is 5.17. The van der Waals surface area contributed by atoms with Gasteiger partial charge in [0.2, 0.25) is 5.16 Å². The molecule has 0 amide bonds. The molecule has 0 spiro atoms. The fraction of sp³-hybridized carbons (Fsp3) is 0.188. The molecule has 0 unspecified atom stereocenters. The highest BCUT2D eigenvalue weighted by atomic mass is 79.9. The quantitative estimate of drug-likeness (QED) is 0.599. The van der Waals surface area contributed by atoms with Gasteiger partial charge in [-0.05, 0) is 45.8 Å². The Balaban J connectivity index is 1.66. The van der Waals surface area contributed by atoms with Crippen molar-refractivity contribution in [1.29, 1.82) is 0 Å². The zero-order chi connectivity index (χ0) is 16.1. The van der Waals surface area contributed by atoms with Crippen molar-refractivity contribution in [3.8, 4) is 5.75 Å². The van der Waals surface area contributed by atoms with E-state index in [9.17, 15) is 0 Å². The molecular formula is C16H15BrN4OS. The molecule has 0 bridgehead atoms. The standard InChI is InChI=1S/C16H15BrN4OS/c1-22-15-7-5-12(6-8-15)10-21-16(18-19-20-21)23-11-13-3-2-4-14(17)9-13/h2-9H,10-11H2,1H3. The lowest BCUT2D eigenvalue weighted by Crippen LogP contribution is -2.04. The Morgan fingerprint density at radius 1 is 1.13 bits per heavy atom. The van der Waals surface area contributed by atoms with E-state index >= 15 is 0 Å². The van der Waals surface area contributed by atoms with Crippen LogP contribution in [0.5, 0.6) is 5.75 Å². The zero-order valence-electron chi connectivity index (χ0n) is 12.5. The largest absolute Gasteiger partial charge is 0.497 e. The number of benzene rings is 2. The van der Waals surface area contributed by atoms with Crippen LogP contribution in [0, 0.1) is 0 Å². The zero-order valence-corrected chi connectivity index (χ0v) is 14.9. The summed E-state index contributed by atoms with van der Waals surface area (Å²) < 4.78 is 8.06. The van der Waals surface area contributed by atoms with Crippen molar-refractivity contribution in [3.63, 3.8) is 0 Å². The molecule has 3 aromatic rings. The van der Waals surface area contributed by atoms with Gasteiger partial charge in [-0.1, -0.05) is 52.0 Å². The highest BCUT2D eigenvalue weighted by Gasteiger charge is 2.08. The minimum atomic E-state index is 0.637. The van der Waals surface area contributed by atoms with Gasteiger partial charge in [-0.3, -0.25) is 0 Å². The van der Waals surface area contributed by atoms with Gasteiger partial charge in [-0.2, -0.15) is 0 Å². The summed E-state index contributed by atoms with van der Waals surface area (Å²) in [7, 11) is 1.66. The van der Waals surface area contributed by atoms with Gasteiger partial charge in [0.15, 0.2) is 0 Å². The van der Waals surface area contributed by atoms with Gasteiger partial charge < -0.3 is 4.74 Å². The molecule has 7 heteroatoms. The average molecular weight is 391 g/mol. The second-order valence-corrected chi connectivity index (χ2v) is 6.74. The van der Waals surface area contributed by atoms with Crippen LogP contribution in [0.25, 0.3) is 0 Å². The topological polar surface area (TPSA) is 52.8 Å². The Bertz CT molecular complexity index is 776. The molecule has 0 saturated heterocycles. The SMILES string of the molecule is COc1ccc(Cn2nnnc2SCc2cccc(Br)c2)cc1. The monoisotopic (exact) mass is 390 g/mol.